The molecule has 20 heavy (non-hydrogen) atoms. The van der Waals surface area contributed by atoms with Crippen LogP contribution in [0.3, 0.4) is 0 Å². The van der Waals surface area contributed by atoms with Crippen molar-refractivity contribution in [3.05, 3.63) is 29.3 Å². The molecule has 0 fully saturated rings. The van der Waals surface area contributed by atoms with Gasteiger partial charge >= 0.3 is 5.97 Å². The summed E-state index contributed by atoms with van der Waals surface area (Å²) >= 11 is 0. The van der Waals surface area contributed by atoms with Gasteiger partial charge in [0.05, 0.1) is 13.0 Å². The largest absolute Gasteiger partial charge is 0.493 e. The van der Waals surface area contributed by atoms with Crippen LogP contribution in [0.25, 0.3) is 0 Å². The molecule has 0 radical (unpaired) electrons. The van der Waals surface area contributed by atoms with Gasteiger partial charge in [0.2, 0.25) is 5.91 Å². The van der Waals surface area contributed by atoms with E-state index >= 15 is 0 Å². The van der Waals surface area contributed by atoms with E-state index in [0.29, 0.717) is 5.92 Å². The fourth-order valence-electron chi connectivity index (χ4n) is 1.76. The Kier molecular flexibility index (Phi) is 6.03. The number of carboxylic acid groups (broad SMARTS) is 1. The number of carbonyl (C=O) groups is 2. The van der Waals surface area contributed by atoms with Gasteiger partial charge in [-0.15, -0.1) is 0 Å². The third-order valence-corrected chi connectivity index (χ3v) is 2.81. The number of benzene rings is 1. The molecule has 0 spiro atoms. The van der Waals surface area contributed by atoms with Crippen LogP contribution in [-0.4, -0.2) is 30.1 Å². The Morgan fingerprint density at radius 2 is 2.05 bits per heavy atom. The Hall–Kier alpha value is -2.04. The Bertz CT molecular complexity index is 483. The van der Waals surface area contributed by atoms with Crippen LogP contribution < -0.4 is 10.1 Å². The SMILES string of the molecule is Cc1ccc(C(C)C)c(OCCC(=O)NCC(=O)O)c1. The zero-order valence-corrected chi connectivity index (χ0v) is 12.1. The third-order valence-electron chi connectivity index (χ3n) is 2.81. The summed E-state index contributed by atoms with van der Waals surface area (Å²) in [5, 5.41) is 10.7. The highest BCUT2D eigenvalue weighted by Crippen LogP contribution is 2.27. The first-order chi connectivity index (χ1) is 9.40. The predicted molar refractivity (Wildman–Crippen MR) is 76.0 cm³/mol. The topological polar surface area (TPSA) is 75.6 Å². The fourth-order valence-corrected chi connectivity index (χ4v) is 1.76. The highest BCUT2D eigenvalue weighted by Gasteiger charge is 2.09. The molecule has 1 aromatic rings. The van der Waals surface area contributed by atoms with E-state index in [2.05, 4.69) is 19.2 Å². The summed E-state index contributed by atoms with van der Waals surface area (Å²) in [6.07, 6.45) is 0.138. The van der Waals surface area contributed by atoms with E-state index in [9.17, 15) is 9.59 Å². The number of aryl methyl sites for hydroxylation is 1. The molecule has 0 aromatic heterocycles. The maximum Gasteiger partial charge on any atom is 0.322 e. The first kappa shape index (κ1) is 16.0. The van der Waals surface area contributed by atoms with Gasteiger partial charge < -0.3 is 15.2 Å². The molecule has 0 heterocycles. The second-order valence-electron chi connectivity index (χ2n) is 4.96. The van der Waals surface area contributed by atoms with Crippen LogP contribution in [0.2, 0.25) is 0 Å². The van der Waals surface area contributed by atoms with Crippen molar-refractivity contribution in [2.75, 3.05) is 13.2 Å². The molecular weight excluding hydrogens is 258 g/mol. The van der Waals surface area contributed by atoms with Crippen molar-refractivity contribution in [3.63, 3.8) is 0 Å². The third kappa shape index (κ3) is 5.30. The summed E-state index contributed by atoms with van der Waals surface area (Å²) < 4.78 is 5.65. The van der Waals surface area contributed by atoms with E-state index in [4.69, 9.17) is 9.84 Å². The molecule has 5 heteroatoms. The number of carboxylic acids is 1. The molecule has 1 amide bonds. The van der Waals surface area contributed by atoms with Gasteiger partial charge in [-0.2, -0.15) is 0 Å². The maximum absolute atomic E-state index is 11.4. The fraction of sp³-hybridized carbons (Fsp3) is 0.467. The maximum atomic E-state index is 11.4. The predicted octanol–water partition coefficient (Wildman–Crippen LogP) is 2.09. The summed E-state index contributed by atoms with van der Waals surface area (Å²) in [7, 11) is 0. The van der Waals surface area contributed by atoms with Crippen molar-refractivity contribution in [3.8, 4) is 5.75 Å². The van der Waals surface area contributed by atoms with Crippen molar-refractivity contribution >= 4 is 11.9 Å². The highest BCUT2D eigenvalue weighted by molar-refractivity contribution is 5.81. The summed E-state index contributed by atoms with van der Waals surface area (Å²) in [4.78, 5) is 21.7. The van der Waals surface area contributed by atoms with Crippen molar-refractivity contribution < 1.29 is 19.4 Å². The molecule has 0 aliphatic carbocycles. The molecule has 0 aliphatic rings. The Labute approximate surface area is 118 Å². The van der Waals surface area contributed by atoms with Crippen molar-refractivity contribution in [2.24, 2.45) is 0 Å². The number of carbonyl (C=O) groups excluding carboxylic acids is 1. The van der Waals surface area contributed by atoms with Gasteiger partial charge in [0, 0.05) is 0 Å². The zero-order valence-electron chi connectivity index (χ0n) is 12.1. The first-order valence-electron chi connectivity index (χ1n) is 6.62. The molecule has 1 rings (SSSR count). The normalized spacial score (nSPS) is 10.4. The van der Waals surface area contributed by atoms with Crippen LogP contribution in [0.15, 0.2) is 18.2 Å². The van der Waals surface area contributed by atoms with E-state index in [1.165, 1.54) is 0 Å². The van der Waals surface area contributed by atoms with Gasteiger partial charge in [-0.3, -0.25) is 9.59 Å². The van der Waals surface area contributed by atoms with Crippen LogP contribution in [0.1, 0.15) is 37.3 Å². The second kappa shape index (κ2) is 7.53. The first-order valence-corrected chi connectivity index (χ1v) is 6.62. The molecule has 2 N–H and O–H groups in total. The van der Waals surface area contributed by atoms with Gasteiger partial charge in [-0.25, -0.2) is 0 Å². The number of nitrogens with one attached hydrogen (secondary N) is 1. The molecule has 1 aromatic carbocycles. The van der Waals surface area contributed by atoms with Gasteiger partial charge in [0.15, 0.2) is 0 Å². The number of ether oxygens (including phenoxy) is 1. The van der Waals surface area contributed by atoms with Crippen LogP contribution in [-0.2, 0) is 9.59 Å². The monoisotopic (exact) mass is 279 g/mol. The van der Waals surface area contributed by atoms with Crippen molar-refractivity contribution in [2.45, 2.75) is 33.1 Å². The molecule has 110 valence electrons. The molecule has 0 unspecified atom stereocenters. The zero-order chi connectivity index (χ0) is 15.1. The Morgan fingerprint density at radius 3 is 2.65 bits per heavy atom. The van der Waals surface area contributed by atoms with Crippen LogP contribution in [0.5, 0.6) is 5.75 Å². The molecule has 0 bridgehead atoms. The lowest BCUT2D eigenvalue weighted by atomic mass is 10.0. The summed E-state index contributed by atoms with van der Waals surface area (Å²) in [6.45, 7) is 6.01. The lowest BCUT2D eigenvalue weighted by Gasteiger charge is -2.14. The summed E-state index contributed by atoms with van der Waals surface area (Å²) in [5.41, 5.74) is 2.20. The number of aliphatic carboxylic acids is 1. The van der Waals surface area contributed by atoms with E-state index in [1.807, 2.05) is 25.1 Å². The smallest absolute Gasteiger partial charge is 0.322 e. The van der Waals surface area contributed by atoms with Gasteiger partial charge in [0.1, 0.15) is 12.3 Å². The summed E-state index contributed by atoms with van der Waals surface area (Å²) in [6, 6.07) is 6.01. The second-order valence-corrected chi connectivity index (χ2v) is 4.96. The van der Waals surface area contributed by atoms with Crippen molar-refractivity contribution in [1.29, 1.82) is 0 Å². The Balaban J connectivity index is 2.51. The van der Waals surface area contributed by atoms with E-state index in [0.717, 1.165) is 16.9 Å². The standard InChI is InChI=1S/C15H21NO4/c1-10(2)12-5-4-11(3)8-13(12)20-7-6-14(17)16-9-15(18)19/h4-5,8,10H,6-7,9H2,1-3H3,(H,16,17)(H,18,19). The number of rotatable bonds is 7. The van der Waals surface area contributed by atoms with Crippen molar-refractivity contribution in [1.82, 2.24) is 5.32 Å². The minimum absolute atomic E-state index is 0.138. The number of amides is 1. The molecular formula is C15H21NO4. The Morgan fingerprint density at radius 1 is 1.35 bits per heavy atom. The average molecular weight is 279 g/mol. The number of hydrogen-bond donors (Lipinski definition) is 2. The highest BCUT2D eigenvalue weighted by atomic mass is 16.5. The molecule has 5 nitrogen and oxygen atoms in total. The van der Waals surface area contributed by atoms with E-state index < -0.39 is 5.97 Å². The van der Waals surface area contributed by atoms with Gasteiger partial charge in [-0.1, -0.05) is 26.0 Å². The lowest BCUT2D eigenvalue weighted by Crippen LogP contribution is -2.30. The quantitative estimate of drug-likeness (QED) is 0.801. The van der Waals surface area contributed by atoms with Crippen LogP contribution >= 0.6 is 0 Å². The minimum Gasteiger partial charge on any atom is -0.493 e. The molecule has 0 saturated carbocycles. The van der Waals surface area contributed by atoms with Crippen LogP contribution in [0.4, 0.5) is 0 Å². The van der Waals surface area contributed by atoms with Crippen LogP contribution in [0, 0.1) is 6.92 Å². The van der Waals surface area contributed by atoms with Gasteiger partial charge in [0.25, 0.3) is 0 Å². The van der Waals surface area contributed by atoms with E-state index in [-0.39, 0.29) is 25.5 Å². The minimum atomic E-state index is -1.06. The van der Waals surface area contributed by atoms with E-state index in [1.54, 1.807) is 0 Å². The molecule has 0 atom stereocenters. The molecule has 0 saturated heterocycles. The average Bonchev–Trinajstić information content (AvgIpc) is 2.36. The summed E-state index contributed by atoms with van der Waals surface area (Å²) in [5.74, 6) is -0.260. The number of hydrogen-bond acceptors (Lipinski definition) is 3. The lowest BCUT2D eigenvalue weighted by molar-refractivity contribution is -0.138. The molecule has 0 aliphatic heterocycles. The van der Waals surface area contributed by atoms with Gasteiger partial charge in [-0.05, 0) is 30.0 Å².